The highest BCUT2D eigenvalue weighted by molar-refractivity contribution is 6.09. The number of rotatable bonds is 4. The van der Waals surface area contributed by atoms with Gasteiger partial charge in [-0.2, -0.15) is 0 Å². The van der Waals surface area contributed by atoms with Gasteiger partial charge in [-0.1, -0.05) is 23.4 Å². The van der Waals surface area contributed by atoms with Crippen LogP contribution in [0.4, 0.5) is 0 Å². The normalized spacial score (nSPS) is 12.6. The number of esters is 1. The number of carbonyl (C=O) groups excluding carboxylic acids is 2. The van der Waals surface area contributed by atoms with Gasteiger partial charge in [-0.3, -0.25) is 4.79 Å². The second-order valence-corrected chi connectivity index (χ2v) is 3.75. The molecule has 1 atom stereocenters. The molecule has 0 unspecified atom stereocenters. The Hall–Kier alpha value is -2.57. The molecule has 0 heterocycles. The van der Waals surface area contributed by atoms with E-state index in [-0.39, 0.29) is 17.0 Å². The molecule has 0 spiro atoms. The van der Waals surface area contributed by atoms with Crippen LogP contribution in [0.15, 0.2) is 29.4 Å². The van der Waals surface area contributed by atoms with Crippen LogP contribution in [0.5, 0.6) is 0 Å². The van der Waals surface area contributed by atoms with Crippen molar-refractivity contribution in [3.63, 3.8) is 0 Å². The molecule has 0 saturated heterocycles. The van der Waals surface area contributed by atoms with Gasteiger partial charge in [-0.05, 0) is 13.0 Å². The van der Waals surface area contributed by atoms with Crippen LogP contribution in [0.25, 0.3) is 0 Å². The molecule has 0 fully saturated rings. The van der Waals surface area contributed by atoms with E-state index in [0.29, 0.717) is 0 Å². The lowest BCUT2D eigenvalue weighted by Gasteiger charge is -2.13. The summed E-state index contributed by atoms with van der Waals surface area (Å²) in [5.41, 5.74) is 5.96. The third-order valence-corrected chi connectivity index (χ3v) is 2.46. The van der Waals surface area contributed by atoms with Crippen molar-refractivity contribution in [1.29, 1.82) is 0 Å². The molecular formula is C12H15N3O4. The van der Waals surface area contributed by atoms with Gasteiger partial charge >= 0.3 is 5.97 Å². The number of oxime groups is 1. The van der Waals surface area contributed by atoms with E-state index in [4.69, 9.17) is 10.9 Å². The molecule has 19 heavy (non-hydrogen) atoms. The summed E-state index contributed by atoms with van der Waals surface area (Å²) in [6.45, 7) is 1.50. The summed E-state index contributed by atoms with van der Waals surface area (Å²) in [6.07, 6.45) is 0. The molecule has 0 saturated carbocycles. The standard InChI is InChI=1S/C12H15N3O4/c1-7(12(17)19-2)14-11(16)9-6-4-3-5-8(9)10(13)15-18/h3-7,18H,1-2H3,(H2,13,15)(H,14,16)/t7-/m0/s1. The molecule has 0 bridgehead atoms. The number of carbonyl (C=O) groups is 2. The summed E-state index contributed by atoms with van der Waals surface area (Å²) in [7, 11) is 1.23. The van der Waals surface area contributed by atoms with Crippen LogP contribution in [0, 0.1) is 0 Å². The van der Waals surface area contributed by atoms with E-state index < -0.39 is 17.9 Å². The molecule has 0 radical (unpaired) electrons. The summed E-state index contributed by atoms with van der Waals surface area (Å²) in [5, 5.41) is 14.0. The van der Waals surface area contributed by atoms with Crippen molar-refractivity contribution >= 4 is 17.7 Å². The van der Waals surface area contributed by atoms with Crippen molar-refractivity contribution in [2.75, 3.05) is 7.11 Å². The number of benzene rings is 1. The smallest absolute Gasteiger partial charge is 0.328 e. The molecule has 0 aliphatic heterocycles. The molecule has 4 N–H and O–H groups in total. The average Bonchev–Trinajstić information content (AvgIpc) is 2.45. The predicted octanol–water partition coefficient (Wildman–Crippen LogP) is 0.0724. The Kier molecular flexibility index (Phi) is 4.87. The quantitative estimate of drug-likeness (QED) is 0.234. The maximum atomic E-state index is 12.0. The fourth-order valence-corrected chi connectivity index (χ4v) is 1.47. The monoisotopic (exact) mass is 265 g/mol. The average molecular weight is 265 g/mol. The van der Waals surface area contributed by atoms with E-state index in [1.807, 2.05) is 0 Å². The molecule has 7 heteroatoms. The van der Waals surface area contributed by atoms with E-state index in [2.05, 4.69) is 15.2 Å². The largest absolute Gasteiger partial charge is 0.467 e. The lowest BCUT2D eigenvalue weighted by molar-refractivity contribution is -0.142. The van der Waals surface area contributed by atoms with E-state index >= 15 is 0 Å². The molecule has 1 amide bonds. The van der Waals surface area contributed by atoms with E-state index in [9.17, 15) is 9.59 Å². The molecule has 102 valence electrons. The van der Waals surface area contributed by atoms with Gasteiger partial charge in [0.2, 0.25) is 0 Å². The number of amides is 1. The zero-order chi connectivity index (χ0) is 14.4. The first kappa shape index (κ1) is 14.5. The van der Waals surface area contributed by atoms with Gasteiger partial charge in [0.25, 0.3) is 5.91 Å². The zero-order valence-electron chi connectivity index (χ0n) is 10.6. The summed E-state index contributed by atoms with van der Waals surface area (Å²) in [5.74, 6) is -1.26. The summed E-state index contributed by atoms with van der Waals surface area (Å²) < 4.78 is 4.51. The third kappa shape index (κ3) is 3.44. The van der Waals surface area contributed by atoms with Gasteiger partial charge in [-0.15, -0.1) is 0 Å². The molecule has 0 aliphatic rings. The van der Waals surface area contributed by atoms with Crippen molar-refractivity contribution < 1.29 is 19.5 Å². The molecule has 0 aliphatic carbocycles. The fourth-order valence-electron chi connectivity index (χ4n) is 1.47. The second-order valence-electron chi connectivity index (χ2n) is 3.75. The summed E-state index contributed by atoms with van der Waals surface area (Å²) in [6, 6.07) is 5.53. The Bertz CT molecular complexity index is 513. The van der Waals surface area contributed by atoms with Crippen LogP contribution < -0.4 is 11.1 Å². The van der Waals surface area contributed by atoms with E-state index in [1.165, 1.54) is 26.2 Å². The molecule has 1 aromatic carbocycles. The number of hydrogen-bond donors (Lipinski definition) is 3. The van der Waals surface area contributed by atoms with Crippen LogP contribution in [-0.2, 0) is 9.53 Å². The Morgan fingerprint density at radius 1 is 1.37 bits per heavy atom. The van der Waals surface area contributed by atoms with Crippen LogP contribution >= 0.6 is 0 Å². The first-order chi connectivity index (χ1) is 9.01. The molecular weight excluding hydrogens is 250 g/mol. The highest BCUT2D eigenvalue weighted by Gasteiger charge is 2.19. The number of nitrogens with two attached hydrogens (primary N) is 1. The number of amidine groups is 1. The highest BCUT2D eigenvalue weighted by atomic mass is 16.5. The molecule has 1 rings (SSSR count). The molecule has 1 aromatic rings. The summed E-state index contributed by atoms with van der Waals surface area (Å²) in [4.78, 5) is 23.2. The summed E-state index contributed by atoms with van der Waals surface area (Å²) >= 11 is 0. The number of nitrogens with zero attached hydrogens (tertiary/aromatic N) is 1. The molecule has 7 nitrogen and oxygen atoms in total. The topological polar surface area (TPSA) is 114 Å². The Morgan fingerprint density at radius 2 is 1.95 bits per heavy atom. The molecule has 0 aromatic heterocycles. The number of nitrogens with one attached hydrogen (secondary N) is 1. The van der Waals surface area contributed by atoms with Crippen LogP contribution in [0.2, 0.25) is 0 Å². The first-order valence-corrected chi connectivity index (χ1v) is 5.46. The maximum Gasteiger partial charge on any atom is 0.328 e. The maximum absolute atomic E-state index is 12.0. The van der Waals surface area contributed by atoms with Gasteiger partial charge in [0.1, 0.15) is 6.04 Å². The SMILES string of the molecule is COC(=O)[C@H](C)NC(=O)c1ccccc1C(N)=NO. The van der Waals surface area contributed by atoms with Gasteiger partial charge in [0.05, 0.1) is 12.7 Å². The third-order valence-electron chi connectivity index (χ3n) is 2.46. The van der Waals surface area contributed by atoms with Gasteiger partial charge < -0.3 is 21.0 Å². The Labute approximate surface area is 110 Å². The fraction of sp³-hybridized carbons (Fsp3) is 0.250. The highest BCUT2D eigenvalue weighted by Crippen LogP contribution is 2.08. The van der Waals surface area contributed by atoms with Gasteiger partial charge in [0.15, 0.2) is 5.84 Å². The van der Waals surface area contributed by atoms with Gasteiger partial charge in [0, 0.05) is 5.56 Å². The van der Waals surface area contributed by atoms with Crippen molar-refractivity contribution in [1.82, 2.24) is 5.32 Å². The second kappa shape index (κ2) is 6.39. The number of ether oxygens (including phenoxy) is 1. The Morgan fingerprint density at radius 3 is 2.47 bits per heavy atom. The van der Waals surface area contributed by atoms with Crippen molar-refractivity contribution in [3.05, 3.63) is 35.4 Å². The Balaban J connectivity index is 2.98. The minimum absolute atomic E-state index is 0.184. The first-order valence-electron chi connectivity index (χ1n) is 5.46. The zero-order valence-corrected chi connectivity index (χ0v) is 10.6. The minimum atomic E-state index is -0.794. The predicted molar refractivity (Wildman–Crippen MR) is 67.9 cm³/mol. The lowest BCUT2D eigenvalue weighted by atomic mass is 10.1. The lowest BCUT2D eigenvalue weighted by Crippen LogP contribution is -2.39. The van der Waals surface area contributed by atoms with Crippen molar-refractivity contribution in [2.45, 2.75) is 13.0 Å². The van der Waals surface area contributed by atoms with Crippen molar-refractivity contribution in [2.24, 2.45) is 10.9 Å². The van der Waals surface area contributed by atoms with Gasteiger partial charge in [-0.25, -0.2) is 4.79 Å². The minimum Gasteiger partial charge on any atom is -0.467 e. The number of methoxy groups -OCH3 is 1. The van der Waals surface area contributed by atoms with E-state index in [0.717, 1.165) is 0 Å². The van der Waals surface area contributed by atoms with Crippen molar-refractivity contribution in [3.8, 4) is 0 Å². The van der Waals surface area contributed by atoms with Crippen LogP contribution in [0.1, 0.15) is 22.8 Å². The number of hydrogen-bond acceptors (Lipinski definition) is 5. The van der Waals surface area contributed by atoms with Crippen LogP contribution in [0.3, 0.4) is 0 Å². The van der Waals surface area contributed by atoms with E-state index in [1.54, 1.807) is 12.1 Å². The van der Waals surface area contributed by atoms with Crippen LogP contribution in [-0.4, -0.2) is 36.1 Å².